The van der Waals surface area contributed by atoms with Gasteiger partial charge in [0.1, 0.15) is 6.04 Å². The summed E-state index contributed by atoms with van der Waals surface area (Å²) in [6, 6.07) is 12.4. The highest BCUT2D eigenvalue weighted by atomic mass is 16.6. The first-order valence-electron chi connectivity index (χ1n) is 9.69. The number of hydrogen-bond acceptors (Lipinski definition) is 7. The molecule has 0 aromatic heterocycles. The van der Waals surface area contributed by atoms with Crippen LogP contribution in [-0.4, -0.2) is 45.8 Å². The number of hydrogen-bond donors (Lipinski definition) is 0. The van der Waals surface area contributed by atoms with Gasteiger partial charge in [0.2, 0.25) is 11.8 Å². The Morgan fingerprint density at radius 2 is 1.65 bits per heavy atom. The molecule has 0 radical (unpaired) electrons. The number of nitro benzene ring substituents is 1. The third-order valence-electron chi connectivity index (χ3n) is 5.94. The van der Waals surface area contributed by atoms with Gasteiger partial charge in [-0.3, -0.25) is 29.5 Å². The van der Waals surface area contributed by atoms with Crippen molar-refractivity contribution in [1.29, 1.82) is 0 Å². The molecule has 2 saturated heterocycles. The van der Waals surface area contributed by atoms with E-state index in [1.54, 1.807) is 47.5 Å². The van der Waals surface area contributed by atoms with Gasteiger partial charge in [0.05, 0.1) is 28.5 Å². The first kappa shape index (κ1) is 18.9. The molecule has 0 bridgehead atoms. The monoisotopic (exact) mass is 416 g/mol. The first-order valence-corrected chi connectivity index (χ1v) is 9.69. The fourth-order valence-electron chi connectivity index (χ4n) is 4.59. The summed E-state index contributed by atoms with van der Waals surface area (Å²) >= 11 is 0. The second kappa shape index (κ2) is 6.98. The Morgan fingerprint density at radius 3 is 2.32 bits per heavy atom. The quantitative estimate of drug-likeness (QED) is 0.327. The number of amides is 2. The third kappa shape index (κ3) is 2.77. The van der Waals surface area contributed by atoms with Crippen molar-refractivity contribution < 1.29 is 19.3 Å². The van der Waals surface area contributed by atoms with Crippen molar-refractivity contribution in [2.24, 2.45) is 16.9 Å². The van der Waals surface area contributed by atoms with Gasteiger partial charge in [-0.2, -0.15) is 5.10 Å². The van der Waals surface area contributed by atoms with Crippen molar-refractivity contribution in [1.82, 2.24) is 5.01 Å². The lowest BCUT2D eigenvalue weighted by molar-refractivity contribution is -0.384. The molecule has 154 valence electrons. The highest BCUT2D eigenvalue weighted by molar-refractivity contribution is 6.24. The second-order valence-electron chi connectivity index (χ2n) is 7.53. The number of allylic oxidation sites excluding steroid dienone is 1. The highest BCUT2D eigenvalue weighted by Gasteiger charge is 2.64. The van der Waals surface area contributed by atoms with Crippen molar-refractivity contribution in [3.63, 3.8) is 0 Å². The molecule has 31 heavy (non-hydrogen) atoms. The molecule has 2 amide bonds. The minimum absolute atomic E-state index is 0.143. The number of benzene rings is 2. The van der Waals surface area contributed by atoms with Crippen molar-refractivity contribution in [2.45, 2.75) is 12.1 Å². The molecule has 0 spiro atoms. The van der Waals surface area contributed by atoms with E-state index in [4.69, 9.17) is 0 Å². The summed E-state index contributed by atoms with van der Waals surface area (Å²) in [5.41, 5.74) is 0.539. The summed E-state index contributed by atoms with van der Waals surface area (Å²) in [5, 5.41) is 16.8. The molecule has 9 nitrogen and oxygen atoms in total. The summed E-state index contributed by atoms with van der Waals surface area (Å²) in [4.78, 5) is 51.5. The van der Waals surface area contributed by atoms with Crippen LogP contribution in [0, 0.1) is 22.0 Å². The molecule has 9 heteroatoms. The number of hydrazone groups is 1. The smallest absolute Gasteiger partial charge is 0.269 e. The van der Waals surface area contributed by atoms with Gasteiger partial charge in [-0.05, 0) is 18.2 Å². The Hall–Kier alpha value is -4.14. The predicted molar refractivity (Wildman–Crippen MR) is 110 cm³/mol. The van der Waals surface area contributed by atoms with Crippen LogP contribution in [0.4, 0.5) is 11.4 Å². The molecule has 0 aliphatic carbocycles. The molecule has 3 heterocycles. The van der Waals surface area contributed by atoms with Crippen molar-refractivity contribution in [3.8, 4) is 0 Å². The molecule has 0 N–H and O–H groups in total. The summed E-state index contributed by atoms with van der Waals surface area (Å²) in [6.45, 7) is 0. The van der Waals surface area contributed by atoms with Crippen LogP contribution in [0.2, 0.25) is 0 Å². The number of rotatable bonds is 4. The number of non-ortho nitro benzene ring substituents is 1. The molecule has 3 aliphatic heterocycles. The predicted octanol–water partition coefficient (Wildman–Crippen LogP) is 2.19. The fourth-order valence-corrected chi connectivity index (χ4v) is 4.59. The maximum absolute atomic E-state index is 13.4. The maximum Gasteiger partial charge on any atom is 0.269 e. The zero-order valence-electron chi connectivity index (χ0n) is 16.1. The number of carbonyl (C=O) groups excluding carboxylic acids is 3. The number of carbonyl (C=O) groups is 3. The summed E-state index contributed by atoms with van der Waals surface area (Å²) < 4.78 is 0. The van der Waals surface area contributed by atoms with Gasteiger partial charge in [-0.1, -0.05) is 36.4 Å². The number of nitro groups is 1. The maximum atomic E-state index is 13.4. The Balaban J connectivity index is 1.55. The van der Waals surface area contributed by atoms with Crippen LogP contribution in [0.5, 0.6) is 0 Å². The van der Waals surface area contributed by atoms with Crippen LogP contribution in [0.1, 0.15) is 10.4 Å². The fraction of sp³-hybridized carbons (Fsp3) is 0.182. The molecule has 2 fully saturated rings. The van der Waals surface area contributed by atoms with Crippen LogP contribution in [0.15, 0.2) is 71.9 Å². The van der Waals surface area contributed by atoms with Gasteiger partial charge in [-0.25, -0.2) is 4.90 Å². The number of ketones is 1. The molecule has 2 aromatic carbocycles. The topological polar surface area (TPSA) is 113 Å². The van der Waals surface area contributed by atoms with Gasteiger partial charge in [0.15, 0.2) is 5.78 Å². The summed E-state index contributed by atoms with van der Waals surface area (Å²) in [6.07, 6.45) is 5.00. The van der Waals surface area contributed by atoms with Gasteiger partial charge in [0, 0.05) is 23.9 Å². The number of nitrogens with zero attached hydrogens (tertiary/aromatic N) is 4. The average molecular weight is 416 g/mol. The summed E-state index contributed by atoms with van der Waals surface area (Å²) in [5.74, 6) is -2.90. The van der Waals surface area contributed by atoms with Gasteiger partial charge < -0.3 is 0 Å². The van der Waals surface area contributed by atoms with Crippen molar-refractivity contribution >= 4 is 35.2 Å². The van der Waals surface area contributed by atoms with Crippen LogP contribution in [0.25, 0.3) is 0 Å². The van der Waals surface area contributed by atoms with Crippen LogP contribution >= 0.6 is 0 Å². The third-order valence-corrected chi connectivity index (χ3v) is 5.94. The van der Waals surface area contributed by atoms with Gasteiger partial charge in [0.25, 0.3) is 5.69 Å². The second-order valence-corrected chi connectivity index (χ2v) is 7.53. The van der Waals surface area contributed by atoms with Crippen LogP contribution < -0.4 is 4.90 Å². The lowest BCUT2D eigenvalue weighted by atomic mass is 9.86. The summed E-state index contributed by atoms with van der Waals surface area (Å²) in [7, 11) is 0. The minimum atomic E-state index is -0.918. The molecule has 0 unspecified atom stereocenters. The minimum Gasteiger partial charge on any atom is -0.292 e. The molecule has 5 rings (SSSR count). The largest absolute Gasteiger partial charge is 0.292 e. The SMILES string of the molecule is O=C(c1ccccc1)[C@@H]1[C@@H]2C(=O)N(c3ccc([N+](=O)[O-])cc3)C(=O)[C@H]2[C@H]2C=CC=NN21. The normalized spacial score (nSPS) is 26.2. The molecule has 0 saturated carbocycles. The molecule has 4 atom stereocenters. The Kier molecular flexibility index (Phi) is 4.25. The van der Waals surface area contributed by atoms with E-state index in [-0.39, 0.29) is 17.2 Å². The lowest BCUT2D eigenvalue weighted by Gasteiger charge is -2.30. The van der Waals surface area contributed by atoms with E-state index in [9.17, 15) is 24.5 Å². The highest BCUT2D eigenvalue weighted by Crippen LogP contribution is 2.46. The Morgan fingerprint density at radius 1 is 0.968 bits per heavy atom. The van der Waals surface area contributed by atoms with E-state index in [2.05, 4.69) is 5.10 Å². The van der Waals surface area contributed by atoms with Gasteiger partial charge >= 0.3 is 0 Å². The van der Waals surface area contributed by atoms with Crippen molar-refractivity contribution in [3.05, 3.63) is 82.4 Å². The number of anilines is 1. The van der Waals surface area contributed by atoms with Crippen molar-refractivity contribution in [2.75, 3.05) is 4.90 Å². The van der Waals surface area contributed by atoms with E-state index >= 15 is 0 Å². The molecule has 3 aliphatic rings. The zero-order valence-corrected chi connectivity index (χ0v) is 16.1. The van der Waals surface area contributed by atoms with Crippen LogP contribution in [0.3, 0.4) is 0 Å². The van der Waals surface area contributed by atoms with E-state index in [1.807, 2.05) is 0 Å². The van der Waals surface area contributed by atoms with E-state index in [0.29, 0.717) is 5.56 Å². The van der Waals surface area contributed by atoms with Gasteiger partial charge in [-0.15, -0.1) is 0 Å². The molecular weight excluding hydrogens is 400 g/mol. The average Bonchev–Trinajstić information content (AvgIpc) is 3.27. The Labute approximate surface area is 176 Å². The Bertz CT molecular complexity index is 1160. The first-order chi connectivity index (χ1) is 15.0. The van der Waals surface area contributed by atoms with E-state index in [1.165, 1.54) is 30.5 Å². The number of imide groups is 1. The standard InChI is InChI=1S/C22H16N4O5/c27-20(13-5-2-1-3-6-13)19-18-17(16-7-4-12-23-25(16)19)21(28)24(22(18)29)14-8-10-15(11-9-14)26(30)31/h1-12,16-19H/t16-,17+,18-,19+/m1/s1. The number of Topliss-reactive ketones (excluding diaryl/α,β-unsaturated/α-hetero) is 1. The molecule has 2 aromatic rings. The van der Waals surface area contributed by atoms with Crippen LogP contribution in [-0.2, 0) is 9.59 Å². The zero-order chi connectivity index (χ0) is 21.7. The number of fused-ring (bicyclic) bond motifs is 3. The van der Waals surface area contributed by atoms with E-state index in [0.717, 1.165) is 4.90 Å². The van der Waals surface area contributed by atoms with E-state index < -0.39 is 40.7 Å². The lowest BCUT2D eigenvalue weighted by Crippen LogP contribution is -2.46. The molecular formula is C22H16N4O5.